The van der Waals surface area contributed by atoms with Crippen LogP contribution in [-0.4, -0.2) is 68.3 Å². The van der Waals surface area contributed by atoms with Gasteiger partial charge in [-0.05, 0) is 49.5 Å². The first-order valence-corrected chi connectivity index (χ1v) is 12.5. The van der Waals surface area contributed by atoms with E-state index in [1.54, 1.807) is 6.08 Å². The number of carbonyl (C=O) groups is 2. The lowest BCUT2D eigenvalue weighted by molar-refractivity contribution is -0.125. The maximum atomic E-state index is 13.3. The molecule has 188 valence electrons. The van der Waals surface area contributed by atoms with E-state index in [2.05, 4.69) is 10.4 Å². The molecule has 0 unspecified atom stereocenters. The van der Waals surface area contributed by atoms with Crippen LogP contribution in [0, 0.1) is 11.3 Å². The molecule has 10 nitrogen and oxygen atoms in total. The number of hydrogen-bond acceptors (Lipinski definition) is 6. The van der Waals surface area contributed by atoms with E-state index in [0.717, 1.165) is 58.4 Å². The van der Waals surface area contributed by atoms with E-state index in [0.29, 0.717) is 17.8 Å². The van der Waals surface area contributed by atoms with Crippen LogP contribution in [0.2, 0.25) is 0 Å². The molecule has 3 aliphatic rings. The van der Waals surface area contributed by atoms with Gasteiger partial charge in [0.05, 0.1) is 6.20 Å². The molecule has 1 spiro atoms. The molecule has 0 radical (unpaired) electrons. The summed E-state index contributed by atoms with van der Waals surface area (Å²) in [4.78, 5) is 40.9. The lowest BCUT2D eigenvalue weighted by Gasteiger charge is -2.32. The zero-order valence-electron chi connectivity index (χ0n) is 20.3. The van der Waals surface area contributed by atoms with Gasteiger partial charge in [0, 0.05) is 50.5 Å². The molecule has 4 heterocycles. The number of amides is 2. The molecule has 35 heavy (non-hydrogen) atoms. The van der Waals surface area contributed by atoms with Crippen molar-refractivity contribution < 1.29 is 19.4 Å². The SMILES string of the molecule is CC(C)Cn1c(=O)c(C(=O)NC2CC2)c(O)n2ncc(/C=C/C(=O)N3CCC4(CCOCC4)C3)c12. The Kier molecular flexibility index (Phi) is 6.16. The van der Waals surface area contributed by atoms with Crippen molar-refractivity contribution in [1.29, 1.82) is 0 Å². The second-order valence-electron chi connectivity index (χ2n) is 10.5. The van der Waals surface area contributed by atoms with E-state index < -0.39 is 17.3 Å². The molecule has 2 aromatic rings. The molecule has 2 aliphatic heterocycles. The third-order valence-electron chi connectivity index (χ3n) is 7.31. The summed E-state index contributed by atoms with van der Waals surface area (Å²) in [7, 11) is 0. The highest BCUT2D eigenvalue weighted by Gasteiger charge is 2.40. The minimum atomic E-state index is -0.590. The number of likely N-dealkylation sites (tertiary alicyclic amines) is 1. The van der Waals surface area contributed by atoms with E-state index >= 15 is 0 Å². The first-order valence-electron chi connectivity index (χ1n) is 12.5. The Hall–Kier alpha value is -3.14. The standard InChI is InChI=1S/C25H33N5O5/c1-16(2)14-29-22-17(3-6-19(31)28-10-7-25(15-28)8-11-35-12-9-25)13-26-30(22)24(34)20(23(29)33)21(32)27-18-4-5-18/h3,6,13,16,18,34H,4-5,7-12,14-15H2,1-2H3,(H,27,32)/b6-3+. The molecule has 2 amide bonds. The van der Waals surface area contributed by atoms with Gasteiger partial charge in [-0.2, -0.15) is 9.61 Å². The third-order valence-corrected chi connectivity index (χ3v) is 7.31. The maximum absolute atomic E-state index is 13.3. The first kappa shape index (κ1) is 23.6. The number of nitrogens with one attached hydrogen (secondary N) is 1. The van der Waals surface area contributed by atoms with Crippen LogP contribution in [0.15, 0.2) is 17.1 Å². The van der Waals surface area contributed by atoms with Gasteiger partial charge < -0.3 is 20.1 Å². The average molecular weight is 484 g/mol. The first-order chi connectivity index (χ1) is 16.8. The Labute approximate surface area is 203 Å². The van der Waals surface area contributed by atoms with E-state index in [4.69, 9.17) is 4.74 Å². The van der Waals surface area contributed by atoms with Crippen molar-refractivity contribution in [3.63, 3.8) is 0 Å². The van der Waals surface area contributed by atoms with Crippen molar-refractivity contribution in [2.45, 2.75) is 58.5 Å². The summed E-state index contributed by atoms with van der Waals surface area (Å²) >= 11 is 0. The van der Waals surface area contributed by atoms with Gasteiger partial charge in [0.2, 0.25) is 11.8 Å². The minimum absolute atomic E-state index is 0.0449. The Morgan fingerprint density at radius 1 is 1.29 bits per heavy atom. The summed E-state index contributed by atoms with van der Waals surface area (Å²) in [5.74, 6) is -1.06. The Morgan fingerprint density at radius 2 is 2.03 bits per heavy atom. The summed E-state index contributed by atoms with van der Waals surface area (Å²) in [6, 6.07) is 0.0449. The zero-order chi connectivity index (χ0) is 24.7. The number of aromatic hydroxyl groups is 1. The molecular weight excluding hydrogens is 450 g/mol. The number of rotatable bonds is 6. The van der Waals surface area contributed by atoms with Crippen LogP contribution < -0.4 is 10.9 Å². The molecule has 2 aromatic heterocycles. The average Bonchev–Trinajstić information content (AvgIpc) is 3.38. The molecule has 1 aliphatic carbocycles. The van der Waals surface area contributed by atoms with Gasteiger partial charge in [-0.1, -0.05) is 13.8 Å². The maximum Gasteiger partial charge on any atom is 0.270 e. The molecule has 5 rings (SSSR count). The monoisotopic (exact) mass is 483 g/mol. The van der Waals surface area contributed by atoms with Crippen molar-refractivity contribution in [1.82, 2.24) is 24.4 Å². The van der Waals surface area contributed by atoms with Gasteiger partial charge in [-0.25, -0.2) is 0 Å². The summed E-state index contributed by atoms with van der Waals surface area (Å²) in [6.45, 7) is 7.21. The molecule has 10 heteroatoms. The molecule has 2 saturated heterocycles. The third kappa shape index (κ3) is 4.59. The highest BCUT2D eigenvalue weighted by Crippen LogP contribution is 2.39. The van der Waals surface area contributed by atoms with Crippen LogP contribution in [0.4, 0.5) is 0 Å². The molecular formula is C25H33N5O5. The predicted molar refractivity (Wildman–Crippen MR) is 129 cm³/mol. The number of hydrogen-bond donors (Lipinski definition) is 2. The van der Waals surface area contributed by atoms with Crippen LogP contribution in [0.1, 0.15) is 61.9 Å². The zero-order valence-corrected chi connectivity index (χ0v) is 20.3. The summed E-state index contributed by atoms with van der Waals surface area (Å²) < 4.78 is 8.17. The fourth-order valence-electron chi connectivity index (χ4n) is 5.15. The van der Waals surface area contributed by atoms with Crippen LogP contribution in [0.3, 0.4) is 0 Å². The normalized spacial score (nSPS) is 19.9. The van der Waals surface area contributed by atoms with Gasteiger partial charge in [0.15, 0.2) is 5.56 Å². The van der Waals surface area contributed by atoms with Crippen molar-refractivity contribution in [2.75, 3.05) is 26.3 Å². The Bertz CT molecular complexity index is 1230. The largest absolute Gasteiger partial charge is 0.492 e. The van der Waals surface area contributed by atoms with Gasteiger partial charge in [0.1, 0.15) is 5.65 Å². The number of aromatic nitrogens is 3. The highest BCUT2D eigenvalue weighted by atomic mass is 16.5. The van der Waals surface area contributed by atoms with Crippen molar-refractivity contribution in [3.05, 3.63) is 33.8 Å². The fourth-order valence-corrected chi connectivity index (χ4v) is 5.15. The topological polar surface area (TPSA) is 118 Å². The second kappa shape index (κ2) is 9.14. The van der Waals surface area contributed by atoms with Gasteiger partial charge in [-0.3, -0.25) is 19.0 Å². The lowest BCUT2D eigenvalue weighted by atomic mass is 9.80. The molecule has 1 saturated carbocycles. The molecule has 0 aromatic carbocycles. The van der Waals surface area contributed by atoms with E-state index in [1.165, 1.54) is 21.4 Å². The van der Waals surface area contributed by atoms with E-state index in [-0.39, 0.29) is 28.8 Å². The quantitative estimate of drug-likeness (QED) is 0.605. The van der Waals surface area contributed by atoms with Gasteiger partial charge in [-0.15, -0.1) is 0 Å². The summed E-state index contributed by atoms with van der Waals surface area (Å²) in [5.41, 5.74) is 0.173. The van der Waals surface area contributed by atoms with Crippen molar-refractivity contribution in [3.8, 4) is 5.88 Å². The van der Waals surface area contributed by atoms with Crippen molar-refractivity contribution >= 4 is 23.5 Å². The molecule has 0 bridgehead atoms. The summed E-state index contributed by atoms with van der Waals surface area (Å²) in [5, 5.41) is 17.8. The van der Waals surface area contributed by atoms with Gasteiger partial charge >= 0.3 is 0 Å². The van der Waals surface area contributed by atoms with Crippen LogP contribution in [-0.2, 0) is 16.1 Å². The smallest absolute Gasteiger partial charge is 0.270 e. The molecule has 0 atom stereocenters. The van der Waals surface area contributed by atoms with Crippen LogP contribution in [0.5, 0.6) is 5.88 Å². The summed E-state index contributed by atoms with van der Waals surface area (Å²) in [6.07, 6.45) is 9.32. The molecule has 2 N–H and O–H groups in total. The second-order valence-corrected chi connectivity index (χ2v) is 10.5. The highest BCUT2D eigenvalue weighted by molar-refractivity contribution is 5.97. The Balaban J connectivity index is 1.45. The number of fused-ring (bicyclic) bond motifs is 1. The van der Waals surface area contributed by atoms with E-state index in [1.807, 2.05) is 18.7 Å². The predicted octanol–water partition coefficient (Wildman–Crippen LogP) is 1.79. The fraction of sp³-hybridized carbons (Fsp3) is 0.600. The lowest BCUT2D eigenvalue weighted by Crippen LogP contribution is -2.36. The van der Waals surface area contributed by atoms with Crippen molar-refractivity contribution in [2.24, 2.45) is 11.3 Å². The van der Waals surface area contributed by atoms with Gasteiger partial charge in [0.25, 0.3) is 11.5 Å². The van der Waals surface area contributed by atoms with E-state index in [9.17, 15) is 19.5 Å². The van der Waals surface area contributed by atoms with Crippen LogP contribution in [0.25, 0.3) is 11.7 Å². The van der Waals surface area contributed by atoms with Crippen LogP contribution >= 0.6 is 0 Å². The number of ether oxygens (including phenoxy) is 1. The molecule has 3 fully saturated rings. The Morgan fingerprint density at radius 3 is 2.71 bits per heavy atom. The minimum Gasteiger partial charge on any atom is -0.492 e. The number of carbonyl (C=O) groups excluding carboxylic acids is 2. The number of nitrogens with zero attached hydrogens (tertiary/aromatic N) is 4.